The van der Waals surface area contributed by atoms with Crippen LogP contribution in [0.15, 0.2) is 35.5 Å². The number of aliphatic hydroxyl groups excluding tert-OH is 1. The quantitative estimate of drug-likeness (QED) is 0.144. The lowest BCUT2D eigenvalue weighted by Crippen LogP contribution is -2.54. The van der Waals surface area contributed by atoms with E-state index in [9.17, 15) is 14.7 Å². The number of hydrogen-bond donors (Lipinski definition) is 1. The summed E-state index contributed by atoms with van der Waals surface area (Å²) in [7, 11) is 0. The van der Waals surface area contributed by atoms with E-state index in [0.29, 0.717) is 49.0 Å². The summed E-state index contributed by atoms with van der Waals surface area (Å²) in [5, 5.41) is 15.6. The van der Waals surface area contributed by atoms with Crippen molar-refractivity contribution in [1.82, 2.24) is 4.90 Å². The molecule has 1 saturated carbocycles. The maximum atomic E-state index is 14.1. The molecule has 1 N–H and O–H groups in total. The molecule has 1 heterocycles. The molecule has 5 rings (SSSR count). The molecule has 0 aromatic heterocycles. The monoisotopic (exact) mass is 608 g/mol. The standard InChI is InChI=1S/C35H45ClN2O5/c1-6-35(7-2)28-13-12-23(30(37-43-22(3)39)21-24-10-8-9-11-31(24)40)18-26(28)27-19-25(20-29(36)32(27)35)33(41)34(4,5)38-14-16-42-17-15-38/h12-13,18-20,24,31,40H,6-11,14-17,21H2,1-5H3/b37-30+. The second-order valence-corrected chi connectivity index (χ2v) is 13.3. The average molecular weight is 609 g/mol. The van der Waals surface area contributed by atoms with E-state index in [1.165, 1.54) is 12.5 Å². The Balaban J connectivity index is 1.61. The largest absolute Gasteiger partial charge is 0.393 e. The molecular weight excluding hydrogens is 564 g/mol. The summed E-state index contributed by atoms with van der Waals surface area (Å²) in [6.07, 6.45) is 5.59. The van der Waals surface area contributed by atoms with Crippen LogP contribution in [0.5, 0.6) is 0 Å². The van der Waals surface area contributed by atoms with Crippen LogP contribution in [0.2, 0.25) is 5.02 Å². The molecule has 2 aromatic carbocycles. The number of carbonyl (C=O) groups is 2. The lowest BCUT2D eigenvalue weighted by Gasteiger charge is -2.39. The number of ketones is 1. The number of Topliss-reactive ketones (excluding diaryl/α,β-unsaturated/α-hetero) is 1. The molecule has 0 radical (unpaired) electrons. The smallest absolute Gasteiger partial charge is 0.331 e. The van der Waals surface area contributed by atoms with E-state index in [2.05, 4.69) is 36.0 Å². The number of halogens is 1. The van der Waals surface area contributed by atoms with E-state index in [4.69, 9.17) is 21.2 Å². The van der Waals surface area contributed by atoms with Gasteiger partial charge in [0, 0.05) is 36.0 Å². The molecule has 0 amide bonds. The summed E-state index contributed by atoms with van der Waals surface area (Å²) in [5.41, 5.74) is 5.33. The van der Waals surface area contributed by atoms with Gasteiger partial charge >= 0.3 is 5.97 Å². The van der Waals surface area contributed by atoms with Gasteiger partial charge in [0.05, 0.1) is 30.6 Å². The molecule has 8 heteroatoms. The number of rotatable bonds is 9. The van der Waals surface area contributed by atoms with E-state index in [1.54, 1.807) is 0 Å². The molecule has 1 saturated heterocycles. The molecule has 2 unspecified atom stereocenters. The first kappa shape index (κ1) is 31.8. The Morgan fingerprint density at radius 1 is 1.07 bits per heavy atom. The Labute approximate surface area is 260 Å². The molecule has 1 aliphatic heterocycles. The van der Waals surface area contributed by atoms with Crippen molar-refractivity contribution in [1.29, 1.82) is 0 Å². The van der Waals surface area contributed by atoms with Crippen LogP contribution in [0.25, 0.3) is 11.1 Å². The van der Waals surface area contributed by atoms with Crippen LogP contribution >= 0.6 is 11.6 Å². The number of aliphatic hydroxyl groups is 1. The van der Waals surface area contributed by atoms with Crippen molar-refractivity contribution < 1.29 is 24.3 Å². The summed E-state index contributed by atoms with van der Waals surface area (Å²) in [4.78, 5) is 33.2. The minimum absolute atomic E-state index is 0.0331. The fraction of sp³-hybridized carbons (Fsp3) is 0.571. The highest BCUT2D eigenvalue weighted by Crippen LogP contribution is 2.55. The topological polar surface area (TPSA) is 88.4 Å². The first-order valence-corrected chi connectivity index (χ1v) is 16.2. The molecule has 2 atom stereocenters. The third-order valence-corrected chi connectivity index (χ3v) is 10.5. The second-order valence-electron chi connectivity index (χ2n) is 12.9. The molecular formula is C35H45ClN2O5. The van der Waals surface area contributed by atoms with Crippen LogP contribution in [0, 0.1) is 5.92 Å². The maximum absolute atomic E-state index is 14.1. The Morgan fingerprint density at radius 3 is 2.40 bits per heavy atom. The van der Waals surface area contributed by atoms with Gasteiger partial charge in [-0.1, -0.05) is 55.6 Å². The Bertz CT molecular complexity index is 1410. The van der Waals surface area contributed by atoms with Gasteiger partial charge in [0.15, 0.2) is 5.78 Å². The predicted octanol–water partition coefficient (Wildman–Crippen LogP) is 6.93. The fourth-order valence-corrected chi connectivity index (χ4v) is 7.94. The molecule has 232 valence electrons. The van der Waals surface area contributed by atoms with Gasteiger partial charge in [0.2, 0.25) is 0 Å². The van der Waals surface area contributed by atoms with E-state index < -0.39 is 17.6 Å². The van der Waals surface area contributed by atoms with E-state index in [1.807, 2.05) is 32.0 Å². The SMILES string of the molecule is CCC1(CC)c2ccc(/C(CC3CCCCC3O)=N/OC(C)=O)cc2-c2cc(C(=O)C(C)(C)N3CCOCC3)cc(Cl)c21. The van der Waals surface area contributed by atoms with Crippen molar-refractivity contribution in [3.63, 3.8) is 0 Å². The highest BCUT2D eigenvalue weighted by Gasteiger charge is 2.44. The van der Waals surface area contributed by atoms with E-state index >= 15 is 0 Å². The number of carbonyl (C=O) groups excluding carboxylic acids is 2. The number of nitrogens with zero attached hydrogens (tertiary/aromatic N) is 2. The minimum atomic E-state index is -0.706. The maximum Gasteiger partial charge on any atom is 0.331 e. The average Bonchev–Trinajstić information content (AvgIpc) is 3.29. The van der Waals surface area contributed by atoms with Gasteiger partial charge in [-0.15, -0.1) is 0 Å². The lowest BCUT2D eigenvalue weighted by molar-refractivity contribution is -0.140. The van der Waals surface area contributed by atoms with Crippen LogP contribution in [0.4, 0.5) is 0 Å². The van der Waals surface area contributed by atoms with Gasteiger partial charge in [-0.2, -0.15) is 0 Å². The molecule has 2 aliphatic carbocycles. The van der Waals surface area contributed by atoms with Crippen molar-refractivity contribution in [2.45, 2.75) is 96.6 Å². The van der Waals surface area contributed by atoms with Crippen molar-refractivity contribution in [3.8, 4) is 11.1 Å². The van der Waals surface area contributed by atoms with Gasteiger partial charge in [-0.3, -0.25) is 9.69 Å². The molecule has 3 aliphatic rings. The van der Waals surface area contributed by atoms with Gasteiger partial charge in [0.25, 0.3) is 0 Å². The Kier molecular flexibility index (Phi) is 9.48. The summed E-state index contributed by atoms with van der Waals surface area (Å²) in [5.74, 6) is -0.400. The third kappa shape index (κ3) is 5.94. The first-order chi connectivity index (χ1) is 20.5. The molecule has 0 spiro atoms. The molecule has 2 aromatic rings. The zero-order valence-corrected chi connectivity index (χ0v) is 26.9. The van der Waals surface area contributed by atoms with E-state index in [-0.39, 0.29) is 17.1 Å². The summed E-state index contributed by atoms with van der Waals surface area (Å²) >= 11 is 7.12. The van der Waals surface area contributed by atoms with Gasteiger partial charge < -0.3 is 14.7 Å². The van der Waals surface area contributed by atoms with Crippen molar-refractivity contribution in [3.05, 3.63) is 57.6 Å². The van der Waals surface area contributed by atoms with Gasteiger partial charge in [-0.05, 0) is 97.9 Å². The number of morpholine rings is 1. The molecule has 7 nitrogen and oxygen atoms in total. The zero-order chi connectivity index (χ0) is 30.9. The summed E-state index contributed by atoms with van der Waals surface area (Å²) in [6, 6.07) is 10.2. The fourth-order valence-electron chi connectivity index (χ4n) is 7.54. The number of ether oxygens (including phenoxy) is 1. The Hall–Kier alpha value is -2.58. The van der Waals surface area contributed by atoms with Crippen LogP contribution in [0.3, 0.4) is 0 Å². The minimum Gasteiger partial charge on any atom is -0.393 e. The second kappa shape index (κ2) is 12.8. The highest BCUT2D eigenvalue weighted by atomic mass is 35.5. The van der Waals surface area contributed by atoms with Gasteiger partial charge in [-0.25, -0.2) is 4.79 Å². The molecule has 43 heavy (non-hydrogen) atoms. The van der Waals surface area contributed by atoms with Crippen LogP contribution in [-0.2, 0) is 19.8 Å². The van der Waals surface area contributed by atoms with Crippen LogP contribution in [-0.4, -0.2) is 65.4 Å². The molecule has 0 bridgehead atoms. The lowest BCUT2D eigenvalue weighted by atomic mass is 9.73. The number of fused-ring (bicyclic) bond motifs is 3. The normalized spacial score (nSPS) is 22.2. The van der Waals surface area contributed by atoms with Crippen molar-refractivity contribution >= 4 is 29.1 Å². The number of hydrogen-bond acceptors (Lipinski definition) is 7. The third-order valence-electron chi connectivity index (χ3n) is 10.2. The predicted molar refractivity (Wildman–Crippen MR) is 170 cm³/mol. The first-order valence-electron chi connectivity index (χ1n) is 15.8. The van der Waals surface area contributed by atoms with Gasteiger partial charge in [0.1, 0.15) is 0 Å². The van der Waals surface area contributed by atoms with Crippen LogP contribution < -0.4 is 0 Å². The van der Waals surface area contributed by atoms with Crippen LogP contribution in [0.1, 0.15) is 107 Å². The zero-order valence-electron chi connectivity index (χ0n) is 26.2. The number of benzene rings is 2. The summed E-state index contributed by atoms with van der Waals surface area (Å²) in [6.45, 7) is 12.3. The molecule has 2 fully saturated rings. The van der Waals surface area contributed by atoms with Crippen molar-refractivity contribution in [2.24, 2.45) is 11.1 Å². The summed E-state index contributed by atoms with van der Waals surface area (Å²) < 4.78 is 5.54. The Morgan fingerprint density at radius 2 is 1.74 bits per heavy atom. The van der Waals surface area contributed by atoms with Crippen molar-refractivity contribution in [2.75, 3.05) is 26.3 Å². The number of oxime groups is 1. The van der Waals surface area contributed by atoms with E-state index in [0.717, 1.165) is 60.8 Å². The highest BCUT2D eigenvalue weighted by molar-refractivity contribution is 6.33.